The van der Waals surface area contributed by atoms with Crippen LogP contribution in [0.1, 0.15) is 54.4 Å². The van der Waals surface area contributed by atoms with Gasteiger partial charge in [0.1, 0.15) is 6.04 Å². The molecule has 0 aliphatic carbocycles. The van der Waals surface area contributed by atoms with Crippen molar-refractivity contribution >= 4 is 28.8 Å². The number of hydrogen-bond acceptors (Lipinski definition) is 5. The summed E-state index contributed by atoms with van der Waals surface area (Å²) in [5.41, 5.74) is 0. The maximum atomic E-state index is 12.5. The summed E-state index contributed by atoms with van der Waals surface area (Å²) in [6, 6.07) is -0.626. The molecule has 0 bridgehead atoms. The molecule has 0 aromatic heterocycles. The molecule has 5 nitrogen and oxygen atoms in total. The Labute approximate surface area is 144 Å². The molecular formula is C17H31NO4S. The maximum Gasteiger partial charge on any atom is 0.328 e. The molecule has 0 aliphatic rings. The highest BCUT2D eigenvalue weighted by Crippen LogP contribution is 2.19. The molecule has 0 saturated carbocycles. The van der Waals surface area contributed by atoms with Crippen molar-refractivity contribution in [2.45, 2.75) is 60.4 Å². The molecule has 0 rings (SSSR count). The van der Waals surface area contributed by atoms with Crippen LogP contribution in [0.2, 0.25) is 0 Å². The van der Waals surface area contributed by atoms with Crippen LogP contribution < -0.4 is 5.32 Å². The zero-order valence-electron chi connectivity index (χ0n) is 15.2. The molecule has 0 saturated heterocycles. The van der Waals surface area contributed by atoms with Gasteiger partial charge in [-0.05, 0) is 31.6 Å². The molecule has 2 atom stereocenters. The third-order valence-electron chi connectivity index (χ3n) is 3.21. The van der Waals surface area contributed by atoms with Crippen LogP contribution in [0.4, 0.5) is 0 Å². The largest absolute Gasteiger partial charge is 0.464 e. The summed E-state index contributed by atoms with van der Waals surface area (Å²) in [4.78, 5) is 35.8. The van der Waals surface area contributed by atoms with Gasteiger partial charge in [-0.15, -0.1) is 0 Å². The van der Waals surface area contributed by atoms with E-state index in [-0.39, 0.29) is 22.9 Å². The fourth-order valence-electron chi connectivity index (χ4n) is 2.26. The van der Waals surface area contributed by atoms with Gasteiger partial charge in [0, 0.05) is 18.6 Å². The van der Waals surface area contributed by atoms with E-state index in [2.05, 4.69) is 5.32 Å². The Morgan fingerprint density at radius 2 is 1.61 bits per heavy atom. The zero-order chi connectivity index (χ0) is 18.0. The number of esters is 1. The normalized spacial score (nSPS) is 13.7. The highest BCUT2D eigenvalue weighted by atomic mass is 32.2. The van der Waals surface area contributed by atoms with Gasteiger partial charge >= 0.3 is 5.97 Å². The third-order valence-corrected chi connectivity index (χ3v) is 4.18. The second-order valence-electron chi connectivity index (χ2n) is 6.57. The first kappa shape index (κ1) is 22.0. The van der Waals surface area contributed by atoms with Gasteiger partial charge in [-0.1, -0.05) is 39.5 Å². The van der Waals surface area contributed by atoms with Crippen LogP contribution in [0, 0.1) is 17.8 Å². The van der Waals surface area contributed by atoms with Crippen molar-refractivity contribution in [2.75, 3.05) is 12.4 Å². The number of carbonyl (C=O) groups excluding carboxylic acids is 3. The van der Waals surface area contributed by atoms with Crippen LogP contribution in [0.25, 0.3) is 0 Å². The van der Waals surface area contributed by atoms with Gasteiger partial charge in [-0.3, -0.25) is 9.59 Å². The first-order valence-electron chi connectivity index (χ1n) is 8.27. The van der Waals surface area contributed by atoms with Crippen molar-refractivity contribution in [1.29, 1.82) is 0 Å². The predicted octanol–water partition coefficient (Wildman–Crippen LogP) is 3.02. The summed E-state index contributed by atoms with van der Waals surface area (Å²) in [6.45, 7) is 11.6. The molecular weight excluding hydrogens is 314 g/mol. The van der Waals surface area contributed by atoms with Gasteiger partial charge in [0.2, 0.25) is 5.91 Å². The minimum Gasteiger partial charge on any atom is -0.464 e. The number of rotatable bonds is 10. The fraction of sp³-hybridized carbons (Fsp3) is 0.824. The Balaban J connectivity index is 4.90. The van der Waals surface area contributed by atoms with E-state index in [4.69, 9.17) is 4.74 Å². The van der Waals surface area contributed by atoms with E-state index in [1.54, 1.807) is 6.92 Å². The molecule has 0 spiro atoms. The third kappa shape index (κ3) is 10.4. The molecule has 1 N–H and O–H groups in total. The summed E-state index contributed by atoms with van der Waals surface area (Å²) in [5.74, 6) is 0.192. The lowest BCUT2D eigenvalue weighted by Crippen LogP contribution is -2.46. The van der Waals surface area contributed by atoms with Crippen LogP contribution >= 0.6 is 11.8 Å². The monoisotopic (exact) mass is 345 g/mol. The summed E-state index contributed by atoms with van der Waals surface area (Å²) >= 11 is 1.15. The lowest BCUT2D eigenvalue weighted by atomic mass is 9.96. The number of ether oxygens (including phenoxy) is 1. The Kier molecular flexibility index (Phi) is 11.0. The molecule has 0 radical (unpaired) electrons. The Hall–Kier alpha value is -1.04. The van der Waals surface area contributed by atoms with Crippen molar-refractivity contribution in [3.05, 3.63) is 0 Å². The molecule has 0 fully saturated rings. The van der Waals surface area contributed by atoms with E-state index in [1.165, 1.54) is 6.92 Å². The SMILES string of the molecule is CCOC(=O)[C@H](CC(C)C)NC(=O)C(CSC(C)=O)CC(C)C. The van der Waals surface area contributed by atoms with E-state index in [1.807, 2.05) is 27.7 Å². The molecule has 1 amide bonds. The van der Waals surface area contributed by atoms with Gasteiger partial charge < -0.3 is 10.1 Å². The van der Waals surface area contributed by atoms with Crippen molar-refractivity contribution in [1.82, 2.24) is 5.32 Å². The number of amides is 1. The summed E-state index contributed by atoms with van der Waals surface area (Å²) in [5, 5.41) is 2.82. The highest BCUT2D eigenvalue weighted by molar-refractivity contribution is 8.13. The number of hydrogen-bond donors (Lipinski definition) is 1. The van der Waals surface area contributed by atoms with Gasteiger partial charge in [-0.25, -0.2) is 4.79 Å². The lowest BCUT2D eigenvalue weighted by Gasteiger charge is -2.23. The van der Waals surface area contributed by atoms with Gasteiger partial charge in [0.05, 0.1) is 6.61 Å². The standard InChI is InChI=1S/C17H31NO4S/c1-7-22-17(21)15(9-12(4)5)18-16(20)14(8-11(2)3)10-23-13(6)19/h11-12,14-15H,7-10H2,1-6H3,(H,18,20)/t14?,15-/m0/s1. The summed E-state index contributed by atoms with van der Waals surface area (Å²) in [7, 11) is 0. The van der Waals surface area contributed by atoms with Crippen LogP contribution in [-0.2, 0) is 19.1 Å². The second-order valence-corrected chi connectivity index (χ2v) is 7.77. The molecule has 0 heterocycles. The van der Waals surface area contributed by atoms with Crippen LogP contribution in [0.5, 0.6) is 0 Å². The fourth-order valence-corrected chi connectivity index (χ4v) is 2.98. The van der Waals surface area contributed by atoms with Crippen LogP contribution in [0.3, 0.4) is 0 Å². The number of thioether (sulfide) groups is 1. The average molecular weight is 346 g/mol. The minimum atomic E-state index is -0.626. The average Bonchev–Trinajstić information content (AvgIpc) is 2.41. The molecule has 0 aliphatic heterocycles. The molecule has 6 heteroatoms. The summed E-state index contributed by atoms with van der Waals surface area (Å²) < 4.78 is 5.05. The molecule has 0 aromatic carbocycles. The predicted molar refractivity (Wildman–Crippen MR) is 94.1 cm³/mol. The van der Waals surface area contributed by atoms with Gasteiger partial charge in [0.15, 0.2) is 5.12 Å². The first-order valence-corrected chi connectivity index (χ1v) is 9.26. The smallest absolute Gasteiger partial charge is 0.328 e. The van der Waals surface area contributed by atoms with E-state index in [9.17, 15) is 14.4 Å². The quantitative estimate of drug-likeness (QED) is 0.616. The minimum absolute atomic E-state index is 0.00400. The number of nitrogens with one attached hydrogen (secondary N) is 1. The Morgan fingerprint density at radius 3 is 2.04 bits per heavy atom. The van der Waals surface area contributed by atoms with Crippen molar-refractivity contribution < 1.29 is 19.1 Å². The maximum absolute atomic E-state index is 12.5. The van der Waals surface area contributed by atoms with Crippen molar-refractivity contribution in [2.24, 2.45) is 17.8 Å². The Bertz CT molecular complexity index is 396. The molecule has 0 aromatic rings. The molecule has 1 unspecified atom stereocenters. The number of carbonyl (C=O) groups is 3. The highest BCUT2D eigenvalue weighted by Gasteiger charge is 2.27. The zero-order valence-corrected chi connectivity index (χ0v) is 16.0. The molecule has 134 valence electrons. The van der Waals surface area contributed by atoms with Crippen LogP contribution in [0.15, 0.2) is 0 Å². The van der Waals surface area contributed by atoms with E-state index >= 15 is 0 Å². The molecule has 23 heavy (non-hydrogen) atoms. The van der Waals surface area contributed by atoms with Crippen LogP contribution in [-0.4, -0.2) is 35.4 Å². The van der Waals surface area contributed by atoms with E-state index in [0.717, 1.165) is 11.8 Å². The van der Waals surface area contributed by atoms with E-state index in [0.29, 0.717) is 31.1 Å². The van der Waals surface area contributed by atoms with E-state index < -0.39 is 12.0 Å². The van der Waals surface area contributed by atoms with Gasteiger partial charge in [0.25, 0.3) is 0 Å². The topological polar surface area (TPSA) is 72.5 Å². The first-order chi connectivity index (χ1) is 10.7. The van der Waals surface area contributed by atoms with Crippen molar-refractivity contribution in [3.63, 3.8) is 0 Å². The Morgan fingerprint density at radius 1 is 1.04 bits per heavy atom. The second kappa shape index (κ2) is 11.5. The van der Waals surface area contributed by atoms with Gasteiger partial charge in [-0.2, -0.15) is 0 Å². The lowest BCUT2D eigenvalue weighted by molar-refractivity contribution is -0.148. The summed E-state index contributed by atoms with van der Waals surface area (Å²) in [6.07, 6.45) is 1.22. The van der Waals surface area contributed by atoms with Crippen molar-refractivity contribution in [3.8, 4) is 0 Å².